The summed E-state index contributed by atoms with van der Waals surface area (Å²) in [7, 11) is 1.28. The summed E-state index contributed by atoms with van der Waals surface area (Å²) < 4.78 is 5.53. The Balaban J connectivity index is 2.37. The summed E-state index contributed by atoms with van der Waals surface area (Å²) in [6.07, 6.45) is 3.24. The fraction of sp³-hybridized carbons (Fsp3) is 0.462. The second kappa shape index (κ2) is 5.19. The number of fused-ring (bicyclic) bond motifs is 1. The maximum Gasteiger partial charge on any atom is 0.339 e. The third-order valence-electron chi connectivity index (χ3n) is 3.17. The van der Waals surface area contributed by atoms with Crippen molar-refractivity contribution in [1.29, 1.82) is 0 Å². The van der Waals surface area contributed by atoms with Crippen LogP contribution in [0.2, 0.25) is 0 Å². The van der Waals surface area contributed by atoms with Gasteiger partial charge in [-0.2, -0.15) is 0 Å². The quantitative estimate of drug-likeness (QED) is 0.854. The predicted molar refractivity (Wildman–Crippen MR) is 67.8 cm³/mol. The number of hydrogen-bond donors (Lipinski definition) is 1. The number of aliphatic hydroxyl groups is 1. The maximum atomic E-state index is 11.3. The van der Waals surface area contributed by atoms with Crippen molar-refractivity contribution in [2.75, 3.05) is 7.11 Å². The van der Waals surface area contributed by atoms with Gasteiger partial charge in [0.1, 0.15) is 0 Å². The normalized spacial score (nSPS) is 16.2. The number of hydrogen-bond acceptors (Lipinski definition) is 3. The van der Waals surface area contributed by atoms with Crippen molar-refractivity contribution in [3.05, 3.63) is 33.3 Å². The molecular formula is C13H15BrO3. The molecule has 1 N–H and O–H groups in total. The van der Waals surface area contributed by atoms with Gasteiger partial charge in [-0.3, -0.25) is 0 Å². The Labute approximate surface area is 109 Å². The molecule has 17 heavy (non-hydrogen) atoms. The van der Waals surface area contributed by atoms with E-state index in [1.54, 1.807) is 0 Å². The van der Waals surface area contributed by atoms with E-state index in [0.29, 0.717) is 5.56 Å². The van der Waals surface area contributed by atoms with Gasteiger partial charge in [-0.15, -0.1) is 0 Å². The van der Waals surface area contributed by atoms with Gasteiger partial charge in [0.2, 0.25) is 0 Å². The van der Waals surface area contributed by atoms with Gasteiger partial charge in [0, 0.05) is 4.47 Å². The number of esters is 1. The Kier molecular flexibility index (Phi) is 3.84. The van der Waals surface area contributed by atoms with Crippen molar-refractivity contribution in [3.63, 3.8) is 0 Å². The molecular weight excluding hydrogens is 284 g/mol. The second-order valence-corrected chi connectivity index (χ2v) is 5.13. The average Bonchev–Trinajstić information content (AvgIpc) is 2.37. The number of carbonyl (C=O) groups is 1. The zero-order valence-electron chi connectivity index (χ0n) is 9.70. The van der Waals surface area contributed by atoms with E-state index in [9.17, 15) is 9.90 Å². The highest BCUT2D eigenvalue weighted by Crippen LogP contribution is 2.31. The largest absolute Gasteiger partial charge is 0.467 e. The van der Waals surface area contributed by atoms with Gasteiger partial charge in [0.05, 0.1) is 7.11 Å². The van der Waals surface area contributed by atoms with Crippen molar-refractivity contribution < 1.29 is 14.6 Å². The van der Waals surface area contributed by atoms with E-state index in [0.717, 1.165) is 23.7 Å². The molecule has 0 saturated heterocycles. The standard InChI is InChI=1S/C13H15BrO3/c1-17-13(16)12(15)9-6-8-4-2-3-5-10(8)11(14)7-9/h6-7,12,15H,2-5H2,1H3. The summed E-state index contributed by atoms with van der Waals surface area (Å²) in [6.45, 7) is 0. The minimum absolute atomic E-state index is 0.601. The van der Waals surface area contributed by atoms with Crippen LogP contribution >= 0.6 is 15.9 Å². The topological polar surface area (TPSA) is 46.5 Å². The predicted octanol–water partition coefficient (Wildman–Crippen LogP) is 2.53. The fourth-order valence-corrected chi connectivity index (χ4v) is 2.96. The number of ether oxygens (including phenoxy) is 1. The van der Waals surface area contributed by atoms with E-state index in [-0.39, 0.29) is 0 Å². The summed E-state index contributed by atoms with van der Waals surface area (Å²) in [5.74, 6) is -0.618. The van der Waals surface area contributed by atoms with E-state index in [1.165, 1.54) is 24.7 Å². The molecule has 3 nitrogen and oxygen atoms in total. The monoisotopic (exact) mass is 298 g/mol. The number of benzene rings is 1. The summed E-state index contributed by atoms with van der Waals surface area (Å²) >= 11 is 3.51. The Morgan fingerprint density at radius 1 is 1.41 bits per heavy atom. The van der Waals surface area contributed by atoms with Crippen LogP contribution < -0.4 is 0 Å². The molecule has 0 bridgehead atoms. The van der Waals surface area contributed by atoms with Gasteiger partial charge in [-0.25, -0.2) is 4.79 Å². The van der Waals surface area contributed by atoms with Crippen LogP contribution in [0.4, 0.5) is 0 Å². The summed E-state index contributed by atoms with van der Waals surface area (Å²) in [6, 6.07) is 3.73. The van der Waals surface area contributed by atoms with Gasteiger partial charge in [0.15, 0.2) is 6.10 Å². The molecule has 2 rings (SSSR count). The van der Waals surface area contributed by atoms with Gasteiger partial charge < -0.3 is 9.84 Å². The zero-order chi connectivity index (χ0) is 12.4. The molecule has 0 heterocycles. The third-order valence-corrected chi connectivity index (χ3v) is 3.88. The lowest BCUT2D eigenvalue weighted by Gasteiger charge is -2.19. The number of carbonyl (C=O) groups excluding carboxylic acids is 1. The molecule has 0 aliphatic heterocycles. The first-order valence-electron chi connectivity index (χ1n) is 5.70. The minimum Gasteiger partial charge on any atom is -0.467 e. The molecule has 0 radical (unpaired) electrons. The zero-order valence-corrected chi connectivity index (χ0v) is 11.3. The smallest absolute Gasteiger partial charge is 0.339 e. The van der Waals surface area contributed by atoms with E-state index < -0.39 is 12.1 Å². The van der Waals surface area contributed by atoms with Crippen molar-refractivity contribution in [3.8, 4) is 0 Å². The van der Waals surface area contributed by atoms with E-state index in [4.69, 9.17) is 0 Å². The number of halogens is 1. The van der Waals surface area contributed by atoms with Crippen molar-refractivity contribution in [2.24, 2.45) is 0 Å². The molecule has 1 aromatic rings. The van der Waals surface area contributed by atoms with Crippen molar-refractivity contribution in [1.82, 2.24) is 0 Å². The molecule has 0 spiro atoms. The highest BCUT2D eigenvalue weighted by molar-refractivity contribution is 9.10. The van der Waals surface area contributed by atoms with Crippen LogP contribution in [-0.2, 0) is 22.4 Å². The lowest BCUT2D eigenvalue weighted by Crippen LogP contribution is -2.15. The van der Waals surface area contributed by atoms with Gasteiger partial charge >= 0.3 is 5.97 Å². The van der Waals surface area contributed by atoms with E-state index in [1.807, 2.05) is 12.1 Å². The lowest BCUT2D eigenvalue weighted by molar-refractivity contribution is -0.150. The van der Waals surface area contributed by atoms with Crippen LogP contribution in [0.5, 0.6) is 0 Å². The van der Waals surface area contributed by atoms with Gasteiger partial charge in [-0.1, -0.05) is 22.0 Å². The number of aryl methyl sites for hydroxylation is 1. The maximum absolute atomic E-state index is 11.3. The Hall–Kier alpha value is -0.870. The number of rotatable bonds is 2. The van der Waals surface area contributed by atoms with Crippen LogP contribution in [0, 0.1) is 0 Å². The van der Waals surface area contributed by atoms with Crippen LogP contribution in [-0.4, -0.2) is 18.2 Å². The van der Waals surface area contributed by atoms with Crippen molar-refractivity contribution in [2.45, 2.75) is 31.8 Å². The average molecular weight is 299 g/mol. The summed E-state index contributed by atoms with van der Waals surface area (Å²) in [5.41, 5.74) is 3.13. The Morgan fingerprint density at radius 3 is 2.82 bits per heavy atom. The van der Waals surface area contributed by atoms with Crippen LogP contribution in [0.3, 0.4) is 0 Å². The van der Waals surface area contributed by atoms with E-state index in [2.05, 4.69) is 20.7 Å². The summed E-state index contributed by atoms with van der Waals surface area (Å²) in [5, 5.41) is 9.82. The van der Waals surface area contributed by atoms with Crippen molar-refractivity contribution >= 4 is 21.9 Å². The molecule has 0 amide bonds. The molecule has 1 aliphatic rings. The fourth-order valence-electron chi connectivity index (χ4n) is 2.24. The molecule has 1 aromatic carbocycles. The summed E-state index contributed by atoms with van der Waals surface area (Å²) in [4.78, 5) is 11.3. The number of methoxy groups -OCH3 is 1. The molecule has 1 unspecified atom stereocenters. The molecule has 0 fully saturated rings. The molecule has 92 valence electrons. The molecule has 0 saturated carbocycles. The van der Waals surface area contributed by atoms with E-state index >= 15 is 0 Å². The third kappa shape index (κ3) is 2.53. The second-order valence-electron chi connectivity index (χ2n) is 4.27. The van der Waals surface area contributed by atoms with Crippen LogP contribution in [0.15, 0.2) is 16.6 Å². The molecule has 0 aromatic heterocycles. The first kappa shape index (κ1) is 12.6. The molecule has 1 aliphatic carbocycles. The Morgan fingerprint density at radius 2 is 2.12 bits per heavy atom. The Bertz CT molecular complexity index is 443. The lowest BCUT2D eigenvalue weighted by atomic mass is 9.89. The molecule has 1 atom stereocenters. The van der Waals surface area contributed by atoms with Gasteiger partial charge in [0.25, 0.3) is 0 Å². The minimum atomic E-state index is -1.19. The van der Waals surface area contributed by atoms with Crippen LogP contribution in [0.1, 0.15) is 35.6 Å². The SMILES string of the molecule is COC(=O)C(O)c1cc(Br)c2c(c1)CCCC2. The highest BCUT2D eigenvalue weighted by atomic mass is 79.9. The first-order valence-corrected chi connectivity index (χ1v) is 6.50. The first-order chi connectivity index (χ1) is 8.13. The number of aliphatic hydroxyl groups excluding tert-OH is 1. The highest BCUT2D eigenvalue weighted by Gasteiger charge is 2.21. The molecule has 4 heteroatoms. The van der Waals surface area contributed by atoms with Crippen LogP contribution in [0.25, 0.3) is 0 Å². The van der Waals surface area contributed by atoms with Gasteiger partial charge in [-0.05, 0) is 48.4 Å².